The van der Waals surface area contributed by atoms with Crippen molar-refractivity contribution < 1.29 is 9.90 Å². The number of para-hydroxylation sites is 1. The van der Waals surface area contributed by atoms with E-state index in [0.29, 0.717) is 12.8 Å². The third kappa shape index (κ3) is 2.58. The van der Waals surface area contributed by atoms with E-state index < -0.39 is 11.4 Å². The van der Waals surface area contributed by atoms with Gasteiger partial charge in [-0.2, -0.15) is 0 Å². The number of hydrogen-bond acceptors (Lipinski definition) is 3. The van der Waals surface area contributed by atoms with Gasteiger partial charge in [-0.05, 0) is 18.6 Å². The highest BCUT2D eigenvalue weighted by Gasteiger charge is 2.35. The highest BCUT2D eigenvalue weighted by Crippen LogP contribution is 2.26. The summed E-state index contributed by atoms with van der Waals surface area (Å²) in [5.74, 6) is -0.854. The first-order valence-electron chi connectivity index (χ1n) is 6.39. The van der Waals surface area contributed by atoms with Crippen molar-refractivity contribution in [2.45, 2.75) is 19.8 Å². The van der Waals surface area contributed by atoms with Crippen molar-refractivity contribution in [2.24, 2.45) is 11.1 Å². The molecular weight excluding hydrogens is 240 g/mol. The summed E-state index contributed by atoms with van der Waals surface area (Å²) in [6, 6.07) is 11.6. The first kappa shape index (κ1) is 13.5. The molecule has 19 heavy (non-hydrogen) atoms. The van der Waals surface area contributed by atoms with Gasteiger partial charge < -0.3 is 10.8 Å². The molecule has 0 aliphatic rings. The Kier molecular flexibility index (Phi) is 3.81. The van der Waals surface area contributed by atoms with Gasteiger partial charge in [0.05, 0.1) is 10.9 Å². The molecule has 0 spiro atoms. The highest BCUT2D eigenvalue weighted by molar-refractivity contribution is 5.79. The number of nitrogens with two attached hydrogens (primary N) is 1. The molecule has 0 bridgehead atoms. The van der Waals surface area contributed by atoms with Crippen LogP contribution in [0.4, 0.5) is 0 Å². The number of benzene rings is 1. The van der Waals surface area contributed by atoms with E-state index in [4.69, 9.17) is 5.73 Å². The van der Waals surface area contributed by atoms with Gasteiger partial charge in [-0.25, -0.2) is 0 Å². The molecule has 0 fully saturated rings. The molecule has 1 heterocycles. The molecule has 0 saturated carbocycles. The second-order valence-corrected chi connectivity index (χ2v) is 4.82. The molecule has 1 aromatic carbocycles. The standard InChI is InChI=1S/C15H18N2O2/c1-2-15(10-16,14(18)19)9-12-8-7-11-5-3-4-6-13(11)17-12/h3-8H,2,9-10,16H2,1H3,(H,18,19). The monoisotopic (exact) mass is 258 g/mol. The van der Waals surface area contributed by atoms with Gasteiger partial charge in [0, 0.05) is 24.0 Å². The molecule has 0 saturated heterocycles. The Morgan fingerprint density at radius 3 is 2.68 bits per heavy atom. The lowest BCUT2D eigenvalue weighted by molar-refractivity contribution is -0.148. The Morgan fingerprint density at radius 2 is 2.05 bits per heavy atom. The van der Waals surface area contributed by atoms with Crippen LogP contribution in [-0.2, 0) is 11.2 Å². The number of fused-ring (bicyclic) bond motifs is 1. The summed E-state index contributed by atoms with van der Waals surface area (Å²) in [7, 11) is 0. The van der Waals surface area contributed by atoms with Crippen molar-refractivity contribution in [3.05, 3.63) is 42.1 Å². The molecule has 100 valence electrons. The lowest BCUT2D eigenvalue weighted by Gasteiger charge is -2.26. The van der Waals surface area contributed by atoms with Gasteiger partial charge in [0.1, 0.15) is 0 Å². The van der Waals surface area contributed by atoms with Gasteiger partial charge in [0.15, 0.2) is 0 Å². The normalized spacial score (nSPS) is 14.2. The second-order valence-electron chi connectivity index (χ2n) is 4.82. The van der Waals surface area contributed by atoms with Gasteiger partial charge in [0.25, 0.3) is 0 Å². The fourth-order valence-corrected chi connectivity index (χ4v) is 2.21. The van der Waals surface area contributed by atoms with E-state index in [1.807, 2.05) is 43.3 Å². The van der Waals surface area contributed by atoms with Crippen LogP contribution in [-0.4, -0.2) is 22.6 Å². The number of aliphatic carboxylic acids is 1. The van der Waals surface area contributed by atoms with E-state index in [2.05, 4.69) is 4.98 Å². The molecule has 1 aromatic heterocycles. The van der Waals surface area contributed by atoms with Crippen LogP contribution in [0.25, 0.3) is 10.9 Å². The molecule has 2 rings (SSSR count). The lowest BCUT2D eigenvalue weighted by atomic mass is 9.80. The zero-order valence-electron chi connectivity index (χ0n) is 11.0. The molecule has 3 N–H and O–H groups in total. The van der Waals surface area contributed by atoms with Crippen LogP contribution in [0.1, 0.15) is 19.0 Å². The third-order valence-corrected chi connectivity index (χ3v) is 3.70. The van der Waals surface area contributed by atoms with Crippen molar-refractivity contribution in [1.82, 2.24) is 4.98 Å². The Morgan fingerprint density at radius 1 is 1.32 bits per heavy atom. The Labute approximate surface area is 112 Å². The summed E-state index contributed by atoms with van der Waals surface area (Å²) in [6.07, 6.45) is 0.855. The van der Waals surface area contributed by atoms with E-state index in [1.165, 1.54) is 0 Å². The fourth-order valence-electron chi connectivity index (χ4n) is 2.21. The molecule has 1 atom stereocenters. The molecule has 4 heteroatoms. The maximum Gasteiger partial charge on any atom is 0.311 e. The largest absolute Gasteiger partial charge is 0.481 e. The predicted octanol–water partition coefficient (Wildman–Crippen LogP) is 2.22. The Hall–Kier alpha value is -1.94. The summed E-state index contributed by atoms with van der Waals surface area (Å²) in [4.78, 5) is 16.0. The summed E-state index contributed by atoms with van der Waals surface area (Å²) in [6.45, 7) is 1.97. The number of pyridine rings is 1. The minimum Gasteiger partial charge on any atom is -0.481 e. The number of aromatic nitrogens is 1. The third-order valence-electron chi connectivity index (χ3n) is 3.70. The quantitative estimate of drug-likeness (QED) is 0.862. The van der Waals surface area contributed by atoms with Crippen molar-refractivity contribution in [3.8, 4) is 0 Å². The summed E-state index contributed by atoms with van der Waals surface area (Å²) in [5.41, 5.74) is 6.40. The van der Waals surface area contributed by atoms with Crippen LogP contribution < -0.4 is 5.73 Å². The molecule has 1 unspecified atom stereocenters. The average Bonchev–Trinajstić information content (AvgIpc) is 2.44. The Bertz CT molecular complexity index is 591. The zero-order chi connectivity index (χ0) is 13.9. The minimum atomic E-state index is -0.921. The molecule has 0 aliphatic carbocycles. The van der Waals surface area contributed by atoms with E-state index in [-0.39, 0.29) is 6.54 Å². The average molecular weight is 258 g/mol. The maximum absolute atomic E-state index is 11.4. The number of carbonyl (C=O) groups is 1. The first-order chi connectivity index (χ1) is 9.11. The van der Waals surface area contributed by atoms with Gasteiger partial charge in [-0.3, -0.25) is 9.78 Å². The minimum absolute atomic E-state index is 0.118. The van der Waals surface area contributed by atoms with Crippen LogP contribution in [0.2, 0.25) is 0 Å². The molecular formula is C15H18N2O2. The van der Waals surface area contributed by atoms with E-state index in [1.54, 1.807) is 0 Å². The Balaban J connectivity index is 2.36. The molecule has 0 aliphatic heterocycles. The summed E-state index contributed by atoms with van der Waals surface area (Å²) < 4.78 is 0. The van der Waals surface area contributed by atoms with Crippen molar-refractivity contribution in [1.29, 1.82) is 0 Å². The first-order valence-corrected chi connectivity index (χ1v) is 6.39. The van der Waals surface area contributed by atoms with Gasteiger partial charge in [0.2, 0.25) is 0 Å². The van der Waals surface area contributed by atoms with Crippen molar-refractivity contribution in [2.75, 3.05) is 6.54 Å². The number of hydrogen-bond donors (Lipinski definition) is 2. The van der Waals surface area contributed by atoms with E-state index >= 15 is 0 Å². The van der Waals surface area contributed by atoms with Crippen LogP contribution in [0.3, 0.4) is 0 Å². The van der Waals surface area contributed by atoms with E-state index in [0.717, 1.165) is 16.6 Å². The highest BCUT2D eigenvalue weighted by atomic mass is 16.4. The lowest BCUT2D eigenvalue weighted by Crippen LogP contribution is -2.40. The number of nitrogens with zero attached hydrogens (tertiary/aromatic N) is 1. The van der Waals surface area contributed by atoms with Crippen LogP contribution in [0.5, 0.6) is 0 Å². The summed E-state index contributed by atoms with van der Waals surface area (Å²) >= 11 is 0. The molecule has 4 nitrogen and oxygen atoms in total. The predicted molar refractivity (Wildman–Crippen MR) is 74.9 cm³/mol. The van der Waals surface area contributed by atoms with Crippen molar-refractivity contribution in [3.63, 3.8) is 0 Å². The number of carboxylic acids is 1. The fraction of sp³-hybridized carbons (Fsp3) is 0.333. The SMILES string of the molecule is CCC(CN)(Cc1ccc2ccccc2n1)C(=O)O. The molecule has 0 radical (unpaired) electrons. The van der Waals surface area contributed by atoms with Crippen molar-refractivity contribution >= 4 is 16.9 Å². The number of rotatable bonds is 5. The maximum atomic E-state index is 11.4. The number of carboxylic acid groups (broad SMARTS) is 1. The second kappa shape index (κ2) is 5.36. The summed E-state index contributed by atoms with van der Waals surface area (Å²) in [5, 5.41) is 10.4. The molecule has 0 amide bonds. The van der Waals surface area contributed by atoms with Crippen LogP contribution >= 0.6 is 0 Å². The van der Waals surface area contributed by atoms with E-state index in [9.17, 15) is 9.90 Å². The van der Waals surface area contributed by atoms with Crippen LogP contribution in [0, 0.1) is 5.41 Å². The van der Waals surface area contributed by atoms with Gasteiger partial charge in [-0.1, -0.05) is 31.2 Å². The van der Waals surface area contributed by atoms with Crippen LogP contribution in [0.15, 0.2) is 36.4 Å². The van der Waals surface area contributed by atoms with Gasteiger partial charge >= 0.3 is 5.97 Å². The zero-order valence-corrected chi connectivity index (χ0v) is 11.0. The topological polar surface area (TPSA) is 76.2 Å². The molecule has 2 aromatic rings. The van der Waals surface area contributed by atoms with Gasteiger partial charge in [-0.15, -0.1) is 0 Å². The smallest absolute Gasteiger partial charge is 0.311 e.